The quantitative estimate of drug-likeness (QED) is 0.610. The predicted octanol–water partition coefficient (Wildman–Crippen LogP) is 3.60. The number of anilines is 1. The van der Waals surface area contributed by atoms with E-state index in [1.807, 2.05) is 6.07 Å². The standard InChI is InChI=1S/C17H16N2O6/c1-2-12-8-13(19(23)24)9-14(15(12)16(20)21)18-17(22)25-10-11-6-4-3-5-7-11/h3-9H,2,10H2,1H3,(H,18,22)(H,20,21). The Balaban J connectivity index is 2.24. The SMILES string of the molecule is CCc1cc([N+](=O)[O-])cc(NC(=O)OCc2ccccc2)c1C(=O)O. The Bertz CT molecular complexity index is 804. The highest BCUT2D eigenvalue weighted by Crippen LogP contribution is 2.28. The minimum absolute atomic E-state index is 0.00929. The summed E-state index contributed by atoms with van der Waals surface area (Å²) in [4.78, 5) is 33.8. The maximum Gasteiger partial charge on any atom is 0.411 e. The number of nitrogens with zero attached hydrogens (tertiary/aromatic N) is 1. The van der Waals surface area contributed by atoms with Crippen molar-refractivity contribution in [2.75, 3.05) is 5.32 Å². The van der Waals surface area contributed by atoms with Crippen molar-refractivity contribution in [2.24, 2.45) is 0 Å². The van der Waals surface area contributed by atoms with Crippen molar-refractivity contribution >= 4 is 23.4 Å². The van der Waals surface area contributed by atoms with Crippen LogP contribution in [0.15, 0.2) is 42.5 Å². The van der Waals surface area contributed by atoms with E-state index in [9.17, 15) is 24.8 Å². The number of carbonyl (C=O) groups excluding carboxylic acids is 1. The molecule has 0 saturated carbocycles. The Morgan fingerprint density at radius 2 is 1.92 bits per heavy atom. The lowest BCUT2D eigenvalue weighted by atomic mass is 10.0. The molecule has 0 atom stereocenters. The van der Waals surface area contributed by atoms with Crippen LogP contribution in [0, 0.1) is 10.1 Å². The molecule has 0 saturated heterocycles. The molecule has 8 heteroatoms. The number of nitro benzene ring substituents is 1. The molecular formula is C17H16N2O6. The normalized spacial score (nSPS) is 10.1. The first-order valence-electron chi connectivity index (χ1n) is 7.44. The molecule has 130 valence electrons. The summed E-state index contributed by atoms with van der Waals surface area (Å²) in [7, 11) is 0. The number of nitro groups is 1. The minimum Gasteiger partial charge on any atom is -0.478 e. The molecular weight excluding hydrogens is 328 g/mol. The lowest BCUT2D eigenvalue weighted by molar-refractivity contribution is -0.384. The van der Waals surface area contributed by atoms with Crippen molar-refractivity contribution in [3.05, 3.63) is 69.3 Å². The van der Waals surface area contributed by atoms with Gasteiger partial charge in [-0.05, 0) is 17.5 Å². The van der Waals surface area contributed by atoms with Gasteiger partial charge in [0.15, 0.2) is 0 Å². The van der Waals surface area contributed by atoms with E-state index in [1.165, 1.54) is 6.07 Å². The van der Waals surface area contributed by atoms with E-state index < -0.39 is 17.0 Å². The first-order valence-corrected chi connectivity index (χ1v) is 7.44. The molecule has 2 aromatic carbocycles. The van der Waals surface area contributed by atoms with Crippen LogP contribution in [0.2, 0.25) is 0 Å². The second-order valence-electron chi connectivity index (χ2n) is 5.13. The third-order valence-electron chi connectivity index (χ3n) is 3.46. The molecule has 0 aliphatic rings. The number of carboxylic acid groups (broad SMARTS) is 1. The van der Waals surface area contributed by atoms with E-state index in [1.54, 1.807) is 31.2 Å². The monoisotopic (exact) mass is 344 g/mol. The Hall–Kier alpha value is -3.42. The molecule has 0 radical (unpaired) electrons. The number of aryl methyl sites for hydroxylation is 1. The molecule has 0 bridgehead atoms. The minimum atomic E-state index is -1.29. The summed E-state index contributed by atoms with van der Waals surface area (Å²) in [5.41, 5.74) is 0.339. The number of non-ortho nitro benzene ring substituents is 1. The van der Waals surface area contributed by atoms with Gasteiger partial charge < -0.3 is 9.84 Å². The number of carbonyl (C=O) groups is 2. The van der Waals surface area contributed by atoms with Crippen LogP contribution in [-0.2, 0) is 17.8 Å². The molecule has 2 aromatic rings. The fourth-order valence-electron chi connectivity index (χ4n) is 2.29. The number of nitrogens with one attached hydrogen (secondary N) is 1. The zero-order valence-electron chi connectivity index (χ0n) is 13.4. The molecule has 0 aliphatic carbocycles. The molecule has 0 heterocycles. The number of hydrogen-bond donors (Lipinski definition) is 2. The number of benzene rings is 2. The number of rotatable bonds is 6. The summed E-state index contributed by atoms with van der Waals surface area (Å²) in [6.07, 6.45) is -0.634. The van der Waals surface area contributed by atoms with Crippen LogP contribution in [0.5, 0.6) is 0 Å². The third-order valence-corrected chi connectivity index (χ3v) is 3.46. The van der Waals surface area contributed by atoms with Crippen molar-refractivity contribution in [2.45, 2.75) is 20.0 Å². The van der Waals surface area contributed by atoms with Crippen LogP contribution in [0.25, 0.3) is 0 Å². The summed E-state index contributed by atoms with van der Waals surface area (Å²) < 4.78 is 5.03. The van der Waals surface area contributed by atoms with Gasteiger partial charge in [0.2, 0.25) is 0 Å². The van der Waals surface area contributed by atoms with Crippen molar-refractivity contribution in [3.63, 3.8) is 0 Å². The number of ether oxygens (including phenoxy) is 1. The molecule has 0 fully saturated rings. The molecule has 0 unspecified atom stereocenters. The molecule has 0 aromatic heterocycles. The Morgan fingerprint density at radius 1 is 1.24 bits per heavy atom. The highest BCUT2D eigenvalue weighted by atomic mass is 16.6. The maximum absolute atomic E-state index is 11.9. The Labute approximate surface area is 143 Å². The van der Waals surface area contributed by atoms with E-state index in [-0.39, 0.29) is 35.5 Å². The topological polar surface area (TPSA) is 119 Å². The zero-order chi connectivity index (χ0) is 18.4. The second-order valence-corrected chi connectivity index (χ2v) is 5.13. The highest BCUT2D eigenvalue weighted by molar-refractivity contribution is 6.00. The van der Waals surface area contributed by atoms with E-state index >= 15 is 0 Å². The molecule has 0 spiro atoms. The largest absolute Gasteiger partial charge is 0.478 e. The summed E-state index contributed by atoms with van der Waals surface area (Å²) in [6.45, 7) is 1.66. The first kappa shape index (κ1) is 17.9. The predicted molar refractivity (Wildman–Crippen MR) is 89.7 cm³/mol. The summed E-state index contributed by atoms with van der Waals surface area (Å²) in [6, 6.07) is 11.1. The lowest BCUT2D eigenvalue weighted by Crippen LogP contribution is -2.17. The van der Waals surface area contributed by atoms with Crippen molar-refractivity contribution in [3.8, 4) is 0 Å². The van der Waals surface area contributed by atoms with Gasteiger partial charge in [0.25, 0.3) is 5.69 Å². The number of amides is 1. The van der Waals surface area contributed by atoms with Crippen LogP contribution in [0.1, 0.15) is 28.4 Å². The third kappa shape index (κ3) is 4.54. The van der Waals surface area contributed by atoms with Gasteiger partial charge in [-0.2, -0.15) is 0 Å². The molecule has 2 N–H and O–H groups in total. The Morgan fingerprint density at radius 3 is 2.48 bits per heavy atom. The van der Waals surface area contributed by atoms with Gasteiger partial charge in [0, 0.05) is 12.1 Å². The van der Waals surface area contributed by atoms with E-state index in [0.717, 1.165) is 11.6 Å². The van der Waals surface area contributed by atoms with E-state index in [4.69, 9.17) is 4.74 Å². The molecule has 2 rings (SSSR count). The van der Waals surface area contributed by atoms with Gasteiger partial charge >= 0.3 is 12.1 Å². The van der Waals surface area contributed by atoms with Crippen LogP contribution < -0.4 is 5.32 Å². The van der Waals surface area contributed by atoms with Gasteiger partial charge in [0.05, 0.1) is 16.2 Å². The van der Waals surface area contributed by atoms with E-state index in [0.29, 0.717) is 0 Å². The van der Waals surface area contributed by atoms with E-state index in [2.05, 4.69) is 5.32 Å². The number of carboxylic acids is 1. The van der Waals surface area contributed by atoms with Gasteiger partial charge in [-0.15, -0.1) is 0 Å². The van der Waals surface area contributed by atoms with Gasteiger partial charge in [0.1, 0.15) is 6.61 Å². The molecule has 8 nitrogen and oxygen atoms in total. The number of aromatic carboxylic acids is 1. The van der Waals surface area contributed by atoms with Crippen LogP contribution >= 0.6 is 0 Å². The average Bonchev–Trinajstić information content (AvgIpc) is 2.59. The highest BCUT2D eigenvalue weighted by Gasteiger charge is 2.22. The smallest absolute Gasteiger partial charge is 0.411 e. The summed E-state index contributed by atoms with van der Waals surface area (Å²) >= 11 is 0. The van der Waals surface area contributed by atoms with Crippen molar-refractivity contribution < 1.29 is 24.4 Å². The fraction of sp³-hybridized carbons (Fsp3) is 0.176. The van der Waals surface area contributed by atoms with Crippen molar-refractivity contribution in [1.82, 2.24) is 0 Å². The Kier molecular flexibility index (Phi) is 5.67. The maximum atomic E-state index is 11.9. The van der Waals surface area contributed by atoms with Crippen LogP contribution in [0.4, 0.5) is 16.2 Å². The van der Waals surface area contributed by atoms with Gasteiger partial charge in [-0.3, -0.25) is 15.4 Å². The lowest BCUT2D eigenvalue weighted by Gasteiger charge is -2.12. The molecule has 1 amide bonds. The molecule has 0 aliphatic heterocycles. The molecule has 25 heavy (non-hydrogen) atoms. The second kappa shape index (κ2) is 7.91. The van der Waals surface area contributed by atoms with Gasteiger partial charge in [-0.25, -0.2) is 9.59 Å². The van der Waals surface area contributed by atoms with Crippen LogP contribution in [0.3, 0.4) is 0 Å². The fourth-order valence-corrected chi connectivity index (χ4v) is 2.29. The number of hydrogen-bond acceptors (Lipinski definition) is 5. The zero-order valence-corrected chi connectivity index (χ0v) is 13.4. The summed E-state index contributed by atoms with van der Waals surface area (Å²) in [5.74, 6) is -1.29. The van der Waals surface area contributed by atoms with Gasteiger partial charge in [-0.1, -0.05) is 37.3 Å². The average molecular weight is 344 g/mol. The van der Waals surface area contributed by atoms with Crippen LogP contribution in [-0.4, -0.2) is 22.1 Å². The van der Waals surface area contributed by atoms with Crippen molar-refractivity contribution in [1.29, 1.82) is 0 Å². The summed E-state index contributed by atoms with van der Waals surface area (Å²) in [5, 5.41) is 22.7. The first-order chi connectivity index (χ1) is 11.9.